The van der Waals surface area contributed by atoms with Crippen molar-refractivity contribution in [1.82, 2.24) is 4.98 Å². The fraction of sp³-hybridized carbons (Fsp3) is 0.333. The number of anilines is 2. The van der Waals surface area contributed by atoms with Crippen LogP contribution in [0, 0.1) is 0 Å². The molecular weight excluding hydrogens is 342 g/mol. The van der Waals surface area contributed by atoms with Crippen molar-refractivity contribution in [2.45, 2.75) is 37.8 Å². The predicted molar refractivity (Wildman–Crippen MR) is 105 cm³/mol. The number of aromatic nitrogens is 1. The minimum atomic E-state index is -0.195. The molecule has 0 unspecified atom stereocenters. The number of hydrogen-bond donors (Lipinski definition) is 2. The first kappa shape index (κ1) is 17.5. The van der Waals surface area contributed by atoms with Crippen LogP contribution in [0.3, 0.4) is 0 Å². The molecule has 1 aliphatic carbocycles. The van der Waals surface area contributed by atoms with E-state index in [4.69, 9.17) is 4.74 Å². The number of carbonyl (C=O) groups excluding carboxylic acids is 1. The summed E-state index contributed by atoms with van der Waals surface area (Å²) in [6.45, 7) is 3.82. The van der Waals surface area contributed by atoms with Crippen LogP contribution in [0.25, 0.3) is 6.08 Å². The molecule has 1 saturated carbocycles. The first-order valence-electron chi connectivity index (χ1n) is 9.23. The van der Waals surface area contributed by atoms with Crippen molar-refractivity contribution in [3.63, 3.8) is 0 Å². The van der Waals surface area contributed by atoms with E-state index in [-0.39, 0.29) is 18.1 Å². The van der Waals surface area contributed by atoms with E-state index >= 15 is 0 Å². The molecular formula is C21H23N3O3. The fourth-order valence-electron chi connectivity index (χ4n) is 3.67. The number of fused-ring (bicyclic) bond motifs is 2. The van der Waals surface area contributed by atoms with Gasteiger partial charge in [-0.3, -0.25) is 4.79 Å². The first-order chi connectivity index (χ1) is 13.1. The lowest BCUT2D eigenvalue weighted by Crippen LogP contribution is -2.28. The van der Waals surface area contributed by atoms with Crippen molar-refractivity contribution in [3.05, 3.63) is 48.2 Å². The van der Waals surface area contributed by atoms with Crippen LogP contribution < -0.4 is 15.0 Å². The van der Waals surface area contributed by atoms with E-state index in [1.807, 2.05) is 18.2 Å². The number of benzene rings is 1. The van der Waals surface area contributed by atoms with Crippen LogP contribution in [0.2, 0.25) is 0 Å². The molecule has 1 fully saturated rings. The SMILES string of the molecule is C=Cc1cccc2c1Oc1cc(NC3CCC(O)CC3)ncc1N(C)C2=O. The molecule has 6 nitrogen and oxygen atoms in total. The van der Waals surface area contributed by atoms with E-state index in [1.165, 1.54) is 0 Å². The number of rotatable bonds is 3. The number of aliphatic hydroxyl groups excluding tert-OH is 1. The third-order valence-corrected chi connectivity index (χ3v) is 5.27. The van der Waals surface area contributed by atoms with Crippen molar-refractivity contribution in [2.75, 3.05) is 17.3 Å². The van der Waals surface area contributed by atoms with Crippen LogP contribution in [0.15, 0.2) is 37.0 Å². The molecule has 0 atom stereocenters. The second-order valence-corrected chi connectivity index (χ2v) is 7.08. The Kier molecular flexibility index (Phi) is 4.58. The van der Waals surface area contributed by atoms with Gasteiger partial charge in [0.2, 0.25) is 0 Å². The molecule has 0 spiro atoms. The predicted octanol–water partition coefficient (Wildman–Crippen LogP) is 3.82. The van der Waals surface area contributed by atoms with Gasteiger partial charge in [-0.15, -0.1) is 0 Å². The summed E-state index contributed by atoms with van der Waals surface area (Å²) in [5, 5.41) is 13.1. The second kappa shape index (κ2) is 7.04. The first-order valence-corrected chi connectivity index (χ1v) is 9.23. The van der Waals surface area contributed by atoms with Gasteiger partial charge in [-0.25, -0.2) is 4.98 Å². The number of para-hydroxylation sites is 1. The maximum atomic E-state index is 12.8. The average Bonchev–Trinajstić information content (AvgIpc) is 2.78. The Balaban J connectivity index is 1.67. The molecule has 4 rings (SSSR count). The van der Waals surface area contributed by atoms with Crippen LogP contribution in [0.1, 0.15) is 41.6 Å². The maximum absolute atomic E-state index is 12.8. The largest absolute Gasteiger partial charge is 0.453 e. The highest BCUT2D eigenvalue weighted by atomic mass is 16.5. The summed E-state index contributed by atoms with van der Waals surface area (Å²) in [5.41, 5.74) is 1.90. The normalized spacial score (nSPS) is 21.6. The number of aliphatic hydroxyl groups is 1. The molecule has 27 heavy (non-hydrogen) atoms. The van der Waals surface area contributed by atoms with Crippen LogP contribution in [-0.4, -0.2) is 35.2 Å². The zero-order valence-corrected chi connectivity index (χ0v) is 15.3. The number of pyridine rings is 1. The van der Waals surface area contributed by atoms with Crippen molar-refractivity contribution < 1.29 is 14.6 Å². The Hall–Kier alpha value is -2.86. The average molecular weight is 365 g/mol. The molecule has 1 amide bonds. The van der Waals surface area contributed by atoms with Gasteiger partial charge < -0.3 is 20.1 Å². The summed E-state index contributed by atoms with van der Waals surface area (Å²) in [6, 6.07) is 7.56. The molecule has 0 saturated heterocycles. The molecule has 2 N–H and O–H groups in total. The lowest BCUT2D eigenvalue weighted by atomic mass is 9.93. The van der Waals surface area contributed by atoms with E-state index in [9.17, 15) is 9.90 Å². The lowest BCUT2D eigenvalue weighted by molar-refractivity contribution is 0.0993. The van der Waals surface area contributed by atoms with Gasteiger partial charge in [0.05, 0.1) is 17.9 Å². The van der Waals surface area contributed by atoms with Crippen LogP contribution in [0.5, 0.6) is 11.5 Å². The number of ether oxygens (including phenoxy) is 1. The standard InChI is InChI=1S/C21H23N3O3/c1-3-13-5-4-6-16-20(13)27-18-11-19(22-12-17(18)24(2)21(16)26)23-14-7-9-15(25)10-8-14/h3-6,11-12,14-15,25H,1,7-10H2,2H3,(H,22,23). The van der Waals surface area contributed by atoms with Gasteiger partial charge in [0.25, 0.3) is 5.91 Å². The Labute approximate surface area is 158 Å². The summed E-state index contributed by atoms with van der Waals surface area (Å²) >= 11 is 0. The lowest BCUT2D eigenvalue weighted by Gasteiger charge is -2.27. The van der Waals surface area contributed by atoms with Crippen molar-refractivity contribution in [2.24, 2.45) is 0 Å². The second-order valence-electron chi connectivity index (χ2n) is 7.08. The summed E-state index contributed by atoms with van der Waals surface area (Å²) in [5.74, 6) is 1.65. The Morgan fingerprint density at radius 3 is 2.85 bits per heavy atom. The smallest absolute Gasteiger partial charge is 0.261 e. The number of hydrogen-bond acceptors (Lipinski definition) is 5. The maximum Gasteiger partial charge on any atom is 0.261 e. The number of amides is 1. The quantitative estimate of drug-likeness (QED) is 0.865. The number of nitrogens with one attached hydrogen (secondary N) is 1. The minimum Gasteiger partial charge on any atom is -0.453 e. The van der Waals surface area contributed by atoms with Crippen LogP contribution in [-0.2, 0) is 0 Å². The highest BCUT2D eigenvalue weighted by molar-refractivity contribution is 6.10. The van der Waals surface area contributed by atoms with Gasteiger partial charge in [-0.1, -0.05) is 24.8 Å². The third kappa shape index (κ3) is 3.28. The zero-order chi connectivity index (χ0) is 19.0. The zero-order valence-electron chi connectivity index (χ0n) is 15.3. The van der Waals surface area contributed by atoms with E-state index in [0.29, 0.717) is 28.6 Å². The Morgan fingerprint density at radius 1 is 1.33 bits per heavy atom. The van der Waals surface area contributed by atoms with Crippen molar-refractivity contribution in [3.8, 4) is 11.5 Å². The minimum absolute atomic E-state index is 0.142. The highest BCUT2D eigenvalue weighted by Crippen LogP contribution is 2.41. The topological polar surface area (TPSA) is 74.7 Å². The third-order valence-electron chi connectivity index (χ3n) is 5.27. The van der Waals surface area contributed by atoms with E-state index in [2.05, 4.69) is 16.9 Å². The van der Waals surface area contributed by atoms with Gasteiger partial charge >= 0.3 is 0 Å². The molecule has 6 heteroatoms. The number of carbonyl (C=O) groups is 1. The van der Waals surface area contributed by atoms with E-state index in [0.717, 1.165) is 31.2 Å². The van der Waals surface area contributed by atoms with Gasteiger partial charge in [-0.05, 0) is 31.7 Å². The highest BCUT2D eigenvalue weighted by Gasteiger charge is 2.28. The summed E-state index contributed by atoms with van der Waals surface area (Å²) in [4.78, 5) is 18.9. The molecule has 0 radical (unpaired) electrons. The van der Waals surface area contributed by atoms with Crippen molar-refractivity contribution >= 4 is 23.5 Å². The molecule has 140 valence electrons. The number of nitrogens with zero attached hydrogens (tertiary/aromatic N) is 2. The monoisotopic (exact) mass is 365 g/mol. The Morgan fingerprint density at radius 2 is 2.11 bits per heavy atom. The van der Waals surface area contributed by atoms with Gasteiger partial charge in [0.1, 0.15) is 17.3 Å². The fourth-order valence-corrected chi connectivity index (χ4v) is 3.67. The molecule has 1 aromatic heterocycles. The molecule has 2 heterocycles. The molecule has 2 aliphatic rings. The summed E-state index contributed by atoms with van der Waals surface area (Å²) in [6.07, 6.45) is 6.56. The molecule has 1 aromatic carbocycles. The molecule has 1 aliphatic heterocycles. The van der Waals surface area contributed by atoms with Gasteiger partial charge in [0, 0.05) is 24.7 Å². The Bertz CT molecular complexity index is 888. The summed E-state index contributed by atoms with van der Waals surface area (Å²) in [7, 11) is 1.72. The van der Waals surface area contributed by atoms with E-state index < -0.39 is 0 Å². The molecule has 2 aromatic rings. The molecule has 0 bridgehead atoms. The van der Waals surface area contributed by atoms with Crippen LogP contribution >= 0.6 is 0 Å². The van der Waals surface area contributed by atoms with Gasteiger partial charge in [-0.2, -0.15) is 0 Å². The van der Waals surface area contributed by atoms with E-state index in [1.54, 1.807) is 30.3 Å². The summed E-state index contributed by atoms with van der Waals surface area (Å²) < 4.78 is 6.16. The van der Waals surface area contributed by atoms with Gasteiger partial charge in [0.15, 0.2) is 5.75 Å². The van der Waals surface area contributed by atoms with Crippen LogP contribution in [0.4, 0.5) is 11.5 Å². The van der Waals surface area contributed by atoms with Crippen molar-refractivity contribution in [1.29, 1.82) is 0 Å².